The van der Waals surface area contributed by atoms with E-state index in [2.05, 4.69) is 25.3 Å². The largest absolute Gasteiger partial charge is 0.370 e. The van der Waals surface area contributed by atoms with Gasteiger partial charge in [0.25, 0.3) is 0 Å². The first kappa shape index (κ1) is 8.15. The lowest BCUT2D eigenvalue weighted by molar-refractivity contribution is 0.227. The molecule has 2 aliphatic rings. The zero-order chi connectivity index (χ0) is 8.72. The van der Waals surface area contributed by atoms with Gasteiger partial charge < -0.3 is 4.90 Å². The van der Waals surface area contributed by atoms with Crippen molar-refractivity contribution in [2.75, 3.05) is 0 Å². The van der Waals surface area contributed by atoms with E-state index in [1.165, 1.54) is 31.4 Å². The zero-order valence-corrected chi connectivity index (χ0v) is 8.21. The molecular weight excluding hydrogens is 146 g/mol. The van der Waals surface area contributed by atoms with Crippen molar-refractivity contribution < 1.29 is 0 Å². The number of hydrogen-bond donors (Lipinski definition) is 0. The molecule has 0 radical (unpaired) electrons. The van der Waals surface area contributed by atoms with Gasteiger partial charge in [0, 0.05) is 17.8 Å². The fourth-order valence-corrected chi connectivity index (χ4v) is 3.01. The van der Waals surface area contributed by atoms with E-state index in [-0.39, 0.29) is 0 Å². The Labute approximate surface area is 75.4 Å². The highest BCUT2D eigenvalue weighted by Crippen LogP contribution is 2.43. The first-order valence-electron chi connectivity index (χ1n) is 5.16. The van der Waals surface area contributed by atoms with E-state index in [0.717, 1.165) is 12.0 Å². The molecule has 0 bridgehead atoms. The van der Waals surface area contributed by atoms with Crippen molar-refractivity contribution >= 4 is 0 Å². The van der Waals surface area contributed by atoms with E-state index < -0.39 is 0 Å². The predicted octanol–water partition coefficient (Wildman–Crippen LogP) is 2.78. The highest BCUT2D eigenvalue weighted by Gasteiger charge is 2.39. The summed E-state index contributed by atoms with van der Waals surface area (Å²) in [5.41, 5.74) is 1.39. The van der Waals surface area contributed by atoms with E-state index in [1.807, 2.05) is 0 Å². The van der Waals surface area contributed by atoms with Crippen LogP contribution in [0.25, 0.3) is 0 Å². The van der Waals surface area contributed by atoms with Gasteiger partial charge in [-0.1, -0.05) is 13.0 Å². The van der Waals surface area contributed by atoms with Crippen LogP contribution >= 0.6 is 0 Å². The van der Waals surface area contributed by atoms with Crippen LogP contribution in [0.15, 0.2) is 12.3 Å². The molecule has 2 fully saturated rings. The molecular formula is C11H19N. The molecule has 2 unspecified atom stereocenters. The minimum Gasteiger partial charge on any atom is -0.370 e. The molecule has 1 saturated carbocycles. The van der Waals surface area contributed by atoms with Gasteiger partial charge in [-0.3, -0.25) is 0 Å². The molecule has 12 heavy (non-hydrogen) atoms. The number of allylic oxidation sites excluding steroid dienone is 1. The molecule has 2 rings (SSSR count). The second kappa shape index (κ2) is 2.79. The minimum absolute atomic E-state index is 0.658. The maximum absolute atomic E-state index is 4.17. The summed E-state index contributed by atoms with van der Waals surface area (Å²) in [7, 11) is 0. The van der Waals surface area contributed by atoms with Gasteiger partial charge in [-0.2, -0.15) is 0 Å². The fourth-order valence-electron chi connectivity index (χ4n) is 3.01. The number of fused-ring (bicyclic) bond motifs is 1. The summed E-state index contributed by atoms with van der Waals surface area (Å²) in [6, 6.07) is 1.50. The van der Waals surface area contributed by atoms with E-state index in [1.54, 1.807) is 0 Å². The van der Waals surface area contributed by atoms with Crippen molar-refractivity contribution in [2.45, 2.75) is 51.6 Å². The van der Waals surface area contributed by atoms with Crippen LogP contribution in [-0.4, -0.2) is 17.0 Å². The van der Waals surface area contributed by atoms with Crippen LogP contribution in [0.4, 0.5) is 0 Å². The van der Waals surface area contributed by atoms with Gasteiger partial charge in [0.15, 0.2) is 0 Å². The van der Waals surface area contributed by atoms with Crippen molar-refractivity contribution in [3.8, 4) is 0 Å². The first-order chi connectivity index (χ1) is 5.70. The molecule has 0 spiro atoms. The predicted molar refractivity (Wildman–Crippen MR) is 51.9 cm³/mol. The lowest BCUT2D eigenvalue weighted by Crippen LogP contribution is -2.34. The smallest absolute Gasteiger partial charge is 0.0321 e. The van der Waals surface area contributed by atoms with E-state index in [0.29, 0.717) is 6.04 Å². The molecule has 1 nitrogen and oxygen atoms in total. The molecule has 1 aliphatic carbocycles. The van der Waals surface area contributed by atoms with Crippen molar-refractivity contribution in [1.29, 1.82) is 0 Å². The Balaban J connectivity index is 2.16. The third-order valence-electron chi connectivity index (χ3n) is 3.40. The van der Waals surface area contributed by atoms with Crippen LogP contribution < -0.4 is 0 Å². The summed E-state index contributed by atoms with van der Waals surface area (Å²) >= 11 is 0. The normalized spacial score (nSPS) is 34.9. The van der Waals surface area contributed by atoms with Gasteiger partial charge in [-0.05, 0) is 39.0 Å². The van der Waals surface area contributed by atoms with Gasteiger partial charge in [-0.15, -0.1) is 0 Å². The van der Waals surface area contributed by atoms with Crippen LogP contribution in [0.3, 0.4) is 0 Å². The summed E-state index contributed by atoms with van der Waals surface area (Å²) in [4.78, 5) is 2.55. The summed E-state index contributed by atoms with van der Waals surface area (Å²) in [5, 5.41) is 0. The summed E-state index contributed by atoms with van der Waals surface area (Å²) in [6.07, 6.45) is 5.55. The van der Waals surface area contributed by atoms with Gasteiger partial charge in [0.1, 0.15) is 0 Å². The average Bonchev–Trinajstić information content (AvgIpc) is 2.44. The maximum atomic E-state index is 4.17. The van der Waals surface area contributed by atoms with E-state index >= 15 is 0 Å². The molecule has 68 valence electrons. The third kappa shape index (κ3) is 1.07. The molecule has 1 saturated heterocycles. The van der Waals surface area contributed by atoms with Crippen molar-refractivity contribution in [3.05, 3.63) is 12.3 Å². The Bertz CT molecular complexity index is 195. The summed E-state index contributed by atoms with van der Waals surface area (Å²) < 4.78 is 0. The average molecular weight is 165 g/mol. The summed E-state index contributed by atoms with van der Waals surface area (Å²) in [5.74, 6) is 0.944. The molecule has 2 atom stereocenters. The Morgan fingerprint density at radius 1 is 1.42 bits per heavy atom. The third-order valence-corrected chi connectivity index (χ3v) is 3.40. The molecule has 0 aromatic heterocycles. The lowest BCUT2D eigenvalue weighted by atomic mass is 10.0. The van der Waals surface area contributed by atoms with Gasteiger partial charge in [-0.25, -0.2) is 0 Å². The van der Waals surface area contributed by atoms with Crippen LogP contribution in [0.5, 0.6) is 0 Å². The Kier molecular flexibility index (Phi) is 1.90. The highest BCUT2D eigenvalue weighted by molar-refractivity contribution is 5.10. The lowest BCUT2D eigenvalue weighted by Gasteiger charge is -2.30. The first-order valence-corrected chi connectivity index (χ1v) is 5.16. The van der Waals surface area contributed by atoms with Crippen LogP contribution in [0, 0.1) is 5.92 Å². The standard InChI is InChI=1S/C11H19N/c1-8(2)12-9(3)7-10-5-4-6-11(10)12/h8,10-11H,3-7H2,1-2H3. The Morgan fingerprint density at radius 3 is 2.83 bits per heavy atom. The molecule has 0 N–H and O–H groups in total. The molecule has 0 amide bonds. The second-order valence-corrected chi connectivity index (χ2v) is 4.53. The van der Waals surface area contributed by atoms with Crippen molar-refractivity contribution in [1.82, 2.24) is 4.90 Å². The summed E-state index contributed by atoms with van der Waals surface area (Å²) in [6.45, 7) is 8.73. The number of likely N-dealkylation sites (tertiary alicyclic amines) is 1. The SMILES string of the molecule is C=C1CC2CCCC2N1C(C)C. The monoisotopic (exact) mass is 165 g/mol. The number of rotatable bonds is 1. The number of hydrogen-bond acceptors (Lipinski definition) is 1. The molecule has 1 heteroatoms. The van der Waals surface area contributed by atoms with E-state index in [9.17, 15) is 0 Å². The number of nitrogens with zero attached hydrogens (tertiary/aromatic N) is 1. The van der Waals surface area contributed by atoms with E-state index in [4.69, 9.17) is 0 Å². The highest BCUT2D eigenvalue weighted by atomic mass is 15.2. The van der Waals surface area contributed by atoms with Crippen molar-refractivity contribution in [3.63, 3.8) is 0 Å². The quantitative estimate of drug-likeness (QED) is 0.577. The zero-order valence-electron chi connectivity index (χ0n) is 8.21. The van der Waals surface area contributed by atoms with Crippen molar-refractivity contribution in [2.24, 2.45) is 5.92 Å². The van der Waals surface area contributed by atoms with Gasteiger partial charge >= 0.3 is 0 Å². The van der Waals surface area contributed by atoms with Gasteiger partial charge in [0.05, 0.1) is 0 Å². The fraction of sp³-hybridized carbons (Fsp3) is 0.818. The van der Waals surface area contributed by atoms with Gasteiger partial charge in [0.2, 0.25) is 0 Å². The minimum atomic E-state index is 0.658. The molecule has 1 aliphatic heterocycles. The topological polar surface area (TPSA) is 3.24 Å². The Hall–Kier alpha value is -0.460. The van der Waals surface area contributed by atoms with Crippen LogP contribution in [-0.2, 0) is 0 Å². The molecule has 0 aromatic carbocycles. The molecule has 0 aromatic rings. The Morgan fingerprint density at radius 2 is 2.17 bits per heavy atom. The van der Waals surface area contributed by atoms with Crippen LogP contribution in [0.2, 0.25) is 0 Å². The van der Waals surface area contributed by atoms with Crippen LogP contribution in [0.1, 0.15) is 39.5 Å². The second-order valence-electron chi connectivity index (χ2n) is 4.53. The molecule has 1 heterocycles. The maximum Gasteiger partial charge on any atom is 0.0321 e.